The van der Waals surface area contributed by atoms with E-state index in [2.05, 4.69) is 15.1 Å². The van der Waals surface area contributed by atoms with E-state index in [0.29, 0.717) is 31.0 Å². The summed E-state index contributed by atoms with van der Waals surface area (Å²) in [6.45, 7) is 4.29. The van der Waals surface area contributed by atoms with Crippen molar-refractivity contribution in [2.24, 2.45) is 5.92 Å². The molecule has 4 heterocycles. The van der Waals surface area contributed by atoms with Crippen molar-refractivity contribution in [2.45, 2.75) is 37.6 Å². The first-order valence-corrected chi connectivity index (χ1v) is 15.2. The summed E-state index contributed by atoms with van der Waals surface area (Å²) in [4.78, 5) is 69.4. The lowest BCUT2D eigenvalue weighted by Gasteiger charge is -2.40. The maximum absolute atomic E-state index is 14.8. The van der Waals surface area contributed by atoms with E-state index in [4.69, 9.17) is 11.6 Å². The molecule has 2 aromatic rings. The van der Waals surface area contributed by atoms with Crippen molar-refractivity contribution < 1.29 is 32.8 Å². The number of likely N-dealkylation sites (tertiary alicyclic amines) is 1. The monoisotopic (exact) mass is 627 g/mol. The summed E-state index contributed by atoms with van der Waals surface area (Å²) in [6, 6.07) is 9.20. The number of hydrogen-bond donors (Lipinski definition) is 1. The molecule has 5 amide bonds. The second-order valence-electron chi connectivity index (χ2n) is 11.8. The molecule has 44 heavy (non-hydrogen) atoms. The smallest absolute Gasteiger partial charge is 0.349 e. The van der Waals surface area contributed by atoms with Crippen LogP contribution in [0.2, 0.25) is 5.02 Å². The van der Waals surface area contributed by atoms with Crippen LogP contribution in [-0.2, 0) is 20.3 Å². The van der Waals surface area contributed by atoms with E-state index in [0.717, 1.165) is 30.2 Å². The fraction of sp³-hybridized carbons (Fsp3) is 0.452. The zero-order chi connectivity index (χ0) is 31.2. The normalized spacial score (nSPS) is 22.0. The van der Waals surface area contributed by atoms with Crippen LogP contribution in [0.3, 0.4) is 0 Å². The summed E-state index contributed by atoms with van der Waals surface area (Å²) in [5, 5.41) is 2.53. The Bertz CT molecular complexity index is 1500. The lowest BCUT2D eigenvalue weighted by Crippen LogP contribution is -2.54. The number of anilines is 1. The summed E-state index contributed by atoms with van der Waals surface area (Å²) < 4.78 is 29.7. The van der Waals surface area contributed by atoms with E-state index in [1.54, 1.807) is 18.2 Å². The summed E-state index contributed by atoms with van der Waals surface area (Å²) in [6.07, 6.45) is 1.47. The highest BCUT2D eigenvalue weighted by atomic mass is 35.5. The number of nitrogens with zero attached hydrogens (tertiary/aromatic N) is 4. The topological polar surface area (TPSA) is 110 Å². The molecule has 0 spiro atoms. The van der Waals surface area contributed by atoms with Crippen molar-refractivity contribution in [2.75, 3.05) is 50.7 Å². The van der Waals surface area contributed by atoms with Gasteiger partial charge in [0.05, 0.1) is 11.1 Å². The zero-order valence-electron chi connectivity index (χ0n) is 23.9. The van der Waals surface area contributed by atoms with Crippen LogP contribution in [0.5, 0.6) is 0 Å². The molecule has 1 atom stereocenters. The average Bonchev–Trinajstić information content (AvgIpc) is 3.26. The van der Waals surface area contributed by atoms with E-state index in [-0.39, 0.29) is 48.5 Å². The molecule has 232 valence electrons. The number of piperidine rings is 2. The van der Waals surface area contributed by atoms with Crippen molar-refractivity contribution in [3.8, 4) is 0 Å². The number of hydrogen-bond acceptors (Lipinski definition) is 7. The maximum Gasteiger partial charge on any atom is 0.349 e. The van der Waals surface area contributed by atoms with Gasteiger partial charge in [0.25, 0.3) is 17.7 Å². The van der Waals surface area contributed by atoms with E-state index < -0.39 is 41.5 Å². The van der Waals surface area contributed by atoms with Crippen molar-refractivity contribution >= 4 is 46.8 Å². The highest BCUT2D eigenvalue weighted by Gasteiger charge is 2.46. The number of benzene rings is 2. The van der Waals surface area contributed by atoms with Crippen LogP contribution in [0, 0.1) is 5.92 Å². The number of nitrogens with one attached hydrogen (secondary N) is 1. The van der Waals surface area contributed by atoms with Crippen LogP contribution in [0.25, 0.3) is 0 Å². The Labute approximate surface area is 257 Å². The molecule has 1 N–H and O–H groups in total. The number of amides is 5. The highest BCUT2D eigenvalue weighted by molar-refractivity contribution is 6.30. The van der Waals surface area contributed by atoms with Crippen LogP contribution in [0.15, 0.2) is 42.5 Å². The van der Waals surface area contributed by atoms with Gasteiger partial charge in [0.1, 0.15) is 6.04 Å². The van der Waals surface area contributed by atoms with Crippen LogP contribution < -0.4 is 10.2 Å². The van der Waals surface area contributed by atoms with Crippen LogP contribution in [-0.4, -0.2) is 96.1 Å². The zero-order valence-corrected chi connectivity index (χ0v) is 24.7. The number of imide groups is 2. The van der Waals surface area contributed by atoms with Gasteiger partial charge in [0.2, 0.25) is 11.8 Å². The van der Waals surface area contributed by atoms with E-state index >= 15 is 0 Å². The molecule has 4 aliphatic heterocycles. The Morgan fingerprint density at radius 3 is 2.18 bits per heavy atom. The van der Waals surface area contributed by atoms with Crippen LogP contribution in [0.1, 0.15) is 52.0 Å². The quantitative estimate of drug-likeness (QED) is 0.491. The van der Waals surface area contributed by atoms with E-state index in [1.807, 2.05) is 0 Å². The van der Waals surface area contributed by atoms with Gasteiger partial charge in [-0.05, 0) is 55.5 Å². The lowest BCUT2D eigenvalue weighted by molar-refractivity contribution is -0.160. The van der Waals surface area contributed by atoms with Gasteiger partial charge in [-0.25, -0.2) is 0 Å². The highest BCUT2D eigenvalue weighted by Crippen LogP contribution is 2.34. The summed E-state index contributed by atoms with van der Waals surface area (Å²) in [5.74, 6) is -6.61. The summed E-state index contributed by atoms with van der Waals surface area (Å²) in [5.41, 5.74) is 0.946. The van der Waals surface area contributed by atoms with E-state index in [1.165, 1.54) is 29.2 Å². The molecule has 4 aliphatic rings. The molecular formula is C31H32ClF2N5O5. The molecule has 0 radical (unpaired) electrons. The van der Waals surface area contributed by atoms with Crippen molar-refractivity contribution in [3.63, 3.8) is 0 Å². The fourth-order valence-corrected chi connectivity index (χ4v) is 6.64. The Balaban J connectivity index is 1.00. The summed E-state index contributed by atoms with van der Waals surface area (Å²) in [7, 11) is 0. The van der Waals surface area contributed by atoms with Gasteiger partial charge >= 0.3 is 5.92 Å². The summed E-state index contributed by atoms with van der Waals surface area (Å²) >= 11 is 5.80. The molecule has 0 aromatic heterocycles. The molecule has 0 bridgehead atoms. The van der Waals surface area contributed by atoms with Gasteiger partial charge in [-0.2, -0.15) is 8.78 Å². The molecule has 1 unspecified atom stereocenters. The number of rotatable bonds is 6. The molecular weight excluding hydrogens is 596 g/mol. The van der Waals surface area contributed by atoms with Gasteiger partial charge in [0.15, 0.2) is 0 Å². The molecule has 0 aliphatic carbocycles. The van der Waals surface area contributed by atoms with Crippen LogP contribution >= 0.6 is 11.6 Å². The van der Waals surface area contributed by atoms with Crippen molar-refractivity contribution in [1.29, 1.82) is 0 Å². The van der Waals surface area contributed by atoms with Gasteiger partial charge in [0, 0.05) is 68.5 Å². The van der Waals surface area contributed by atoms with Gasteiger partial charge in [-0.1, -0.05) is 23.7 Å². The lowest BCUT2D eigenvalue weighted by atomic mass is 9.95. The first-order chi connectivity index (χ1) is 21.0. The molecule has 3 fully saturated rings. The average molecular weight is 628 g/mol. The first kappa shape index (κ1) is 30.1. The molecule has 10 nitrogen and oxygen atoms in total. The SMILES string of the molecule is O=C1CCC(N2C(=O)c3ccc(N4CCN(CC5CCN(C(=O)C(F)(F)c6ccc(Cl)cc6)CC5)CC4)cc3C2=O)C(=O)N1. The third-order valence-electron chi connectivity index (χ3n) is 9.05. The molecule has 6 rings (SSSR count). The Hall–Kier alpha value is -3.90. The minimum atomic E-state index is -3.60. The van der Waals surface area contributed by atoms with Crippen molar-refractivity contribution in [1.82, 2.24) is 20.0 Å². The molecule has 3 saturated heterocycles. The number of carbonyl (C=O) groups is 5. The second-order valence-corrected chi connectivity index (χ2v) is 12.2. The maximum atomic E-state index is 14.8. The van der Waals surface area contributed by atoms with Crippen LogP contribution in [0.4, 0.5) is 14.5 Å². The Morgan fingerprint density at radius 2 is 1.52 bits per heavy atom. The minimum Gasteiger partial charge on any atom is -0.369 e. The first-order valence-electron chi connectivity index (χ1n) is 14.8. The molecule has 0 saturated carbocycles. The predicted octanol–water partition coefficient (Wildman–Crippen LogP) is 2.89. The number of alkyl halides is 2. The number of halogens is 3. The largest absolute Gasteiger partial charge is 0.369 e. The third kappa shape index (κ3) is 5.68. The standard InChI is InChI=1S/C31H32ClF2N5O5/c32-21-3-1-20(2-4-21)31(33,34)30(44)38-11-9-19(10-12-38)18-36-13-15-37(16-14-36)22-5-6-23-24(17-22)29(43)39(28(23)42)25-7-8-26(40)35-27(25)41/h1-6,17,19,25H,7-16,18H2,(H,35,40,41). The number of carbonyl (C=O) groups excluding carboxylic acids is 5. The molecule has 13 heteroatoms. The Morgan fingerprint density at radius 1 is 0.864 bits per heavy atom. The Kier molecular flexibility index (Phi) is 8.14. The predicted molar refractivity (Wildman–Crippen MR) is 156 cm³/mol. The number of fused-ring (bicyclic) bond motifs is 1. The fourth-order valence-electron chi connectivity index (χ4n) is 6.51. The second kappa shape index (κ2) is 11.9. The van der Waals surface area contributed by atoms with E-state index in [9.17, 15) is 32.8 Å². The van der Waals surface area contributed by atoms with Gasteiger partial charge < -0.3 is 9.80 Å². The minimum absolute atomic E-state index is 0.0663. The van der Waals surface area contributed by atoms with Crippen molar-refractivity contribution in [3.05, 3.63) is 64.2 Å². The molecule has 2 aromatic carbocycles. The van der Waals surface area contributed by atoms with Gasteiger partial charge in [-0.3, -0.25) is 39.1 Å². The number of piperazine rings is 1. The van der Waals surface area contributed by atoms with Gasteiger partial charge in [-0.15, -0.1) is 0 Å². The third-order valence-corrected chi connectivity index (χ3v) is 9.31.